The fourth-order valence-electron chi connectivity index (χ4n) is 2.74. The van der Waals surface area contributed by atoms with Crippen LogP contribution < -0.4 is 10.0 Å². The average Bonchev–Trinajstić information content (AvgIpc) is 2.91. The molecule has 10 heteroatoms. The number of hydrogen-bond donors (Lipinski definition) is 2. The normalized spacial score (nSPS) is 17.4. The standard InChI is InChI=1S/C14H22F2N4O3S/c1-17-24(22,23)11-7-12(19(2)8-11)14(21)18-10-3-5-20(6-4-10)9-13(15)16/h7-8,10,13,17H,3-6,9H2,1-2H3,(H,18,21). The van der Waals surface area contributed by atoms with Crippen LogP contribution >= 0.6 is 0 Å². The van der Waals surface area contributed by atoms with Crippen LogP contribution in [0.3, 0.4) is 0 Å². The van der Waals surface area contributed by atoms with Gasteiger partial charge in [-0.1, -0.05) is 0 Å². The predicted octanol–water partition coefficient (Wildman–Crippen LogP) is 0.393. The van der Waals surface area contributed by atoms with Crippen LogP contribution in [-0.2, 0) is 17.1 Å². The number of sulfonamides is 1. The second-order valence-electron chi connectivity index (χ2n) is 5.82. The minimum absolute atomic E-state index is 0.0180. The number of carbonyl (C=O) groups is 1. The van der Waals surface area contributed by atoms with Crippen molar-refractivity contribution in [1.82, 2.24) is 19.5 Å². The van der Waals surface area contributed by atoms with E-state index in [0.29, 0.717) is 25.9 Å². The molecule has 2 rings (SSSR count). The highest BCUT2D eigenvalue weighted by atomic mass is 32.2. The smallest absolute Gasteiger partial charge is 0.268 e. The van der Waals surface area contributed by atoms with Gasteiger partial charge in [0.05, 0.1) is 6.54 Å². The van der Waals surface area contributed by atoms with Crippen molar-refractivity contribution in [3.8, 4) is 0 Å². The van der Waals surface area contributed by atoms with Crippen molar-refractivity contribution in [3.05, 3.63) is 18.0 Å². The molecule has 0 atom stereocenters. The quantitative estimate of drug-likeness (QED) is 0.765. The molecule has 0 bridgehead atoms. The fraction of sp³-hybridized carbons (Fsp3) is 0.643. The molecule has 7 nitrogen and oxygen atoms in total. The van der Waals surface area contributed by atoms with Gasteiger partial charge in [0, 0.05) is 32.4 Å². The third-order valence-corrected chi connectivity index (χ3v) is 5.49. The Morgan fingerprint density at radius 2 is 2.00 bits per heavy atom. The number of amides is 1. The second-order valence-corrected chi connectivity index (χ2v) is 7.71. The molecule has 0 radical (unpaired) electrons. The van der Waals surface area contributed by atoms with Gasteiger partial charge in [0.25, 0.3) is 12.3 Å². The molecule has 0 aromatic carbocycles. The van der Waals surface area contributed by atoms with E-state index in [9.17, 15) is 22.0 Å². The molecule has 2 N–H and O–H groups in total. The molecule has 1 amide bonds. The van der Waals surface area contributed by atoms with Crippen molar-refractivity contribution >= 4 is 15.9 Å². The Balaban J connectivity index is 1.97. The summed E-state index contributed by atoms with van der Waals surface area (Å²) in [6, 6.07) is 1.21. The van der Waals surface area contributed by atoms with Crippen LogP contribution in [0.15, 0.2) is 17.2 Å². The van der Waals surface area contributed by atoms with Gasteiger partial charge in [-0.15, -0.1) is 0 Å². The van der Waals surface area contributed by atoms with Gasteiger partial charge >= 0.3 is 0 Å². The molecule has 0 unspecified atom stereocenters. The summed E-state index contributed by atoms with van der Waals surface area (Å²) < 4.78 is 51.9. The van der Waals surface area contributed by atoms with Gasteiger partial charge in [-0.3, -0.25) is 9.69 Å². The molecule has 1 aromatic rings. The third-order valence-electron chi connectivity index (χ3n) is 4.11. The zero-order valence-electron chi connectivity index (χ0n) is 13.6. The Morgan fingerprint density at radius 1 is 1.38 bits per heavy atom. The van der Waals surface area contributed by atoms with Crippen molar-refractivity contribution in [2.75, 3.05) is 26.7 Å². The van der Waals surface area contributed by atoms with Gasteiger partial charge < -0.3 is 9.88 Å². The summed E-state index contributed by atoms with van der Waals surface area (Å²) in [4.78, 5) is 14.0. The van der Waals surface area contributed by atoms with Crippen LogP contribution in [0.1, 0.15) is 23.3 Å². The molecule has 0 aliphatic carbocycles. The zero-order chi connectivity index (χ0) is 17.9. The lowest BCUT2D eigenvalue weighted by molar-refractivity contribution is 0.0694. The van der Waals surface area contributed by atoms with Crippen molar-refractivity contribution in [3.63, 3.8) is 0 Å². The molecule has 0 saturated carbocycles. The Kier molecular flexibility index (Phi) is 5.94. The molecule has 136 valence electrons. The summed E-state index contributed by atoms with van der Waals surface area (Å²) in [5.74, 6) is -0.373. The monoisotopic (exact) mass is 364 g/mol. The number of halogens is 2. The molecular weight excluding hydrogens is 342 g/mol. The second kappa shape index (κ2) is 7.58. The molecule has 1 aromatic heterocycles. The van der Waals surface area contributed by atoms with Gasteiger partial charge in [0.15, 0.2) is 0 Å². The van der Waals surface area contributed by atoms with E-state index >= 15 is 0 Å². The lowest BCUT2D eigenvalue weighted by Crippen LogP contribution is -2.46. The third kappa shape index (κ3) is 4.52. The van der Waals surface area contributed by atoms with Crippen molar-refractivity contribution < 1.29 is 22.0 Å². The summed E-state index contributed by atoms with van der Waals surface area (Å²) in [7, 11) is -0.721. The summed E-state index contributed by atoms with van der Waals surface area (Å²) in [5, 5.41) is 2.84. The van der Waals surface area contributed by atoms with E-state index in [1.165, 1.54) is 23.9 Å². The molecule has 24 heavy (non-hydrogen) atoms. The predicted molar refractivity (Wildman–Crippen MR) is 84.6 cm³/mol. The number of aromatic nitrogens is 1. The highest BCUT2D eigenvalue weighted by Gasteiger charge is 2.25. The number of piperidine rings is 1. The van der Waals surface area contributed by atoms with Gasteiger partial charge in [0.1, 0.15) is 10.6 Å². The molecular formula is C14H22F2N4O3S. The van der Waals surface area contributed by atoms with Crippen molar-refractivity contribution in [2.45, 2.75) is 30.2 Å². The number of nitrogens with zero attached hydrogens (tertiary/aromatic N) is 2. The summed E-state index contributed by atoms with van der Waals surface area (Å²) in [6.07, 6.45) is 0.188. The number of carbonyl (C=O) groups excluding carboxylic acids is 1. The highest BCUT2D eigenvalue weighted by Crippen LogP contribution is 2.15. The number of likely N-dealkylation sites (tertiary alicyclic amines) is 1. The van der Waals surface area contributed by atoms with Crippen LogP contribution in [0.2, 0.25) is 0 Å². The van der Waals surface area contributed by atoms with E-state index < -0.39 is 16.4 Å². The number of aryl methyl sites for hydroxylation is 1. The lowest BCUT2D eigenvalue weighted by atomic mass is 10.0. The average molecular weight is 364 g/mol. The number of rotatable bonds is 6. The lowest BCUT2D eigenvalue weighted by Gasteiger charge is -2.32. The highest BCUT2D eigenvalue weighted by molar-refractivity contribution is 7.89. The van der Waals surface area contributed by atoms with Gasteiger partial charge in [-0.05, 0) is 26.0 Å². The number of nitrogens with one attached hydrogen (secondary N) is 2. The maximum absolute atomic E-state index is 12.4. The molecule has 0 spiro atoms. The fourth-order valence-corrected chi connectivity index (χ4v) is 3.54. The Bertz CT molecular complexity index is 682. The first-order valence-corrected chi connectivity index (χ1v) is 9.12. The Morgan fingerprint density at radius 3 is 2.54 bits per heavy atom. The van der Waals surface area contributed by atoms with E-state index in [1.54, 1.807) is 11.9 Å². The minimum Gasteiger partial charge on any atom is -0.348 e. The Hall–Kier alpha value is -1.52. The van der Waals surface area contributed by atoms with Crippen LogP contribution in [0.4, 0.5) is 8.78 Å². The van der Waals surface area contributed by atoms with Crippen LogP contribution in [-0.4, -0.2) is 62.9 Å². The summed E-state index contributed by atoms with van der Waals surface area (Å²) in [5.41, 5.74) is 0.235. The maximum Gasteiger partial charge on any atom is 0.268 e. The summed E-state index contributed by atoms with van der Waals surface area (Å²) >= 11 is 0. The zero-order valence-corrected chi connectivity index (χ0v) is 14.4. The van der Waals surface area contributed by atoms with Gasteiger partial charge in [-0.25, -0.2) is 21.9 Å². The topological polar surface area (TPSA) is 83.4 Å². The first kappa shape index (κ1) is 18.8. The van der Waals surface area contributed by atoms with Crippen LogP contribution in [0.5, 0.6) is 0 Å². The van der Waals surface area contributed by atoms with E-state index in [4.69, 9.17) is 0 Å². The number of alkyl halides is 2. The SMILES string of the molecule is CNS(=O)(=O)c1cc(C(=O)NC2CCN(CC(F)F)CC2)n(C)c1. The Labute approximate surface area is 140 Å². The van der Waals surface area contributed by atoms with E-state index in [0.717, 1.165) is 0 Å². The van der Waals surface area contributed by atoms with Crippen LogP contribution in [0.25, 0.3) is 0 Å². The van der Waals surface area contributed by atoms with Gasteiger partial charge in [0.2, 0.25) is 10.0 Å². The molecule has 1 aliphatic heterocycles. The van der Waals surface area contributed by atoms with Crippen LogP contribution in [0, 0.1) is 0 Å². The van der Waals surface area contributed by atoms with Crippen molar-refractivity contribution in [1.29, 1.82) is 0 Å². The first-order valence-electron chi connectivity index (χ1n) is 7.64. The summed E-state index contributed by atoms with van der Waals surface area (Å²) in [6.45, 7) is 0.757. The van der Waals surface area contributed by atoms with E-state index in [-0.39, 0.29) is 29.1 Å². The molecule has 1 aliphatic rings. The van der Waals surface area contributed by atoms with Crippen molar-refractivity contribution in [2.24, 2.45) is 7.05 Å². The number of hydrogen-bond acceptors (Lipinski definition) is 4. The molecule has 1 saturated heterocycles. The first-order chi connectivity index (χ1) is 11.2. The molecule has 2 heterocycles. The minimum atomic E-state index is -3.61. The van der Waals surface area contributed by atoms with Gasteiger partial charge in [-0.2, -0.15) is 0 Å². The maximum atomic E-state index is 12.4. The largest absolute Gasteiger partial charge is 0.348 e. The molecule has 1 fully saturated rings. The van der Waals surface area contributed by atoms with E-state index in [1.807, 2.05) is 0 Å². The van der Waals surface area contributed by atoms with E-state index in [2.05, 4.69) is 10.0 Å².